The van der Waals surface area contributed by atoms with Gasteiger partial charge < -0.3 is 9.88 Å². The number of aromatic nitrogens is 2. The number of carbonyl (C=O) groups excluding carboxylic acids is 1. The number of benzene rings is 3. The molecule has 3 aromatic carbocycles. The van der Waals surface area contributed by atoms with E-state index in [1.807, 2.05) is 37.3 Å². The van der Waals surface area contributed by atoms with Gasteiger partial charge in [0.25, 0.3) is 0 Å². The normalized spacial score (nSPS) is 10.8. The van der Waals surface area contributed by atoms with E-state index < -0.39 is 0 Å². The van der Waals surface area contributed by atoms with Gasteiger partial charge in [0.2, 0.25) is 5.91 Å². The minimum atomic E-state index is -0.00610. The molecule has 1 aromatic heterocycles. The van der Waals surface area contributed by atoms with Crippen LogP contribution in [-0.2, 0) is 11.2 Å². The van der Waals surface area contributed by atoms with Crippen LogP contribution in [0.5, 0.6) is 0 Å². The maximum absolute atomic E-state index is 12.7. The van der Waals surface area contributed by atoms with Crippen LogP contribution in [0.25, 0.3) is 16.9 Å². The van der Waals surface area contributed by atoms with Crippen molar-refractivity contribution in [2.75, 3.05) is 5.32 Å². The van der Waals surface area contributed by atoms with Gasteiger partial charge in [0.1, 0.15) is 5.82 Å². The molecule has 0 radical (unpaired) electrons. The second-order valence-electron chi connectivity index (χ2n) is 7.91. The van der Waals surface area contributed by atoms with Crippen molar-refractivity contribution in [3.8, 4) is 16.9 Å². The van der Waals surface area contributed by atoms with Crippen LogP contribution in [0.4, 0.5) is 5.69 Å². The van der Waals surface area contributed by atoms with Gasteiger partial charge in [0.15, 0.2) is 0 Å². The third kappa shape index (κ3) is 4.75. The molecule has 0 spiro atoms. The highest BCUT2D eigenvalue weighted by molar-refractivity contribution is 5.91. The molecule has 1 amide bonds. The second kappa shape index (κ2) is 9.00. The van der Waals surface area contributed by atoms with Crippen LogP contribution in [0.2, 0.25) is 0 Å². The second-order valence-corrected chi connectivity index (χ2v) is 7.91. The summed E-state index contributed by atoms with van der Waals surface area (Å²) < 4.78 is 2.09. The maximum Gasteiger partial charge on any atom is 0.224 e. The summed E-state index contributed by atoms with van der Waals surface area (Å²) in [6.45, 7) is 6.15. The van der Waals surface area contributed by atoms with Crippen LogP contribution in [0, 0.1) is 20.8 Å². The maximum atomic E-state index is 12.7. The van der Waals surface area contributed by atoms with E-state index in [2.05, 4.69) is 72.4 Å². The van der Waals surface area contributed by atoms with Gasteiger partial charge in [-0.15, -0.1) is 0 Å². The molecule has 0 aliphatic heterocycles. The average Bonchev–Trinajstić information content (AvgIpc) is 3.21. The molecule has 156 valence electrons. The molecule has 0 aliphatic carbocycles. The molecule has 0 fully saturated rings. The third-order valence-electron chi connectivity index (χ3n) is 5.62. The van der Waals surface area contributed by atoms with Gasteiger partial charge in [-0.2, -0.15) is 0 Å². The molecule has 4 heteroatoms. The van der Waals surface area contributed by atoms with Crippen LogP contribution in [0.15, 0.2) is 79.0 Å². The Morgan fingerprint density at radius 1 is 0.903 bits per heavy atom. The number of hydrogen-bond acceptors (Lipinski definition) is 2. The summed E-state index contributed by atoms with van der Waals surface area (Å²) >= 11 is 0. The molecule has 31 heavy (non-hydrogen) atoms. The summed E-state index contributed by atoms with van der Waals surface area (Å²) in [5.41, 5.74) is 7.37. The fourth-order valence-electron chi connectivity index (χ4n) is 3.60. The average molecular weight is 410 g/mol. The lowest BCUT2D eigenvalue weighted by atomic mass is 10.1. The molecule has 0 atom stereocenters. The van der Waals surface area contributed by atoms with E-state index in [1.54, 1.807) is 0 Å². The molecular formula is C27H27N3O. The largest absolute Gasteiger partial charge is 0.326 e. The van der Waals surface area contributed by atoms with Crippen molar-refractivity contribution in [1.29, 1.82) is 0 Å². The molecule has 4 nitrogen and oxygen atoms in total. The highest BCUT2D eigenvalue weighted by Gasteiger charge is 2.14. The zero-order valence-electron chi connectivity index (χ0n) is 18.2. The smallest absolute Gasteiger partial charge is 0.224 e. The Bertz CT molecular complexity index is 1190. The predicted molar refractivity (Wildman–Crippen MR) is 127 cm³/mol. The van der Waals surface area contributed by atoms with Crippen molar-refractivity contribution in [2.24, 2.45) is 0 Å². The lowest BCUT2D eigenvalue weighted by Crippen LogP contribution is -2.14. The van der Waals surface area contributed by atoms with Gasteiger partial charge in [-0.25, -0.2) is 4.98 Å². The zero-order valence-corrected chi connectivity index (χ0v) is 18.2. The number of anilines is 1. The van der Waals surface area contributed by atoms with Crippen molar-refractivity contribution in [2.45, 2.75) is 33.6 Å². The van der Waals surface area contributed by atoms with E-state index in [4.69, 9.17) is 4.98 Å². The molecule has 4 rings (SSSR count). The van der Waals surface area contributed by atoms with Crippen LogP contribution in [0.1, 0.15) is 28.9 Å². The van der Waals surface area contributed by atoms with Crippen molar-refractivity contribution < 1.29 is 4.79 Å². The minimum Gasteiger partial charge on any atom is -0.326 e. The molecule has 0 saturated carbocycles. The summed E-state index contributed by atoms with van der Waals surface area (Å²) in [5.74, 6) is 0.868. The number of aryl methyl sites for hydroxylation is 3. The van der Waals surface area contributed by atoms with Gasteiger partial charge in [0.05, 0.1) is 5.69 Å². The van der Waals surface area contributed by atoms with Gasteiger partial charge in [-0.3, -0.25) is 4.79 Å². The van der Waals surface area contributed by atoms with Crippen LogP contribution in [-0.4, -0.2) is 15.5 Å². The van der Waals surface area contributed by atoms with Crippen molar-refractivity contribution in [1.82, 2.24) is 9.55 Å². The quantitative estimate of drug-likeness (QED) is 0.422. The summed E-state index contributed by atoms with van der Waals surface area (Å²) in [4.78, 5) is 17.5. The Hall–Kier alpha value is -3.66. The first-order valence-electron chi connectivity index (χ1n) is 10.6. The van der Waals surface area contributed by atoms with Crippen LogP contribution in [0.3, 0.4) is 0 Å². The first kappa shape index (κ1) is 20.6. The Morgan fingerprint density at radius 3 is 2.39 bits per heavy atom. The Morgan fingerprint density at radius 2 is 1.65 bits per heavy atom. The highest BCUT2D eigenvalue weighted by Crippen LogP contribution is 2.23. The monoisotopic (exact) mass is 409 g/mol. The molecule has 0 aliphatic rings. The van der Waals surface area contributed by atoms with Gasteiger partial charge in [0, 0.05) is 36.0 Å². The standard InChI is InChI=1S/C27H27N3O/c1-19-12-14-23(15-13-19)30-18-25(22-9-5-4-6-10-22)28-26(30)16-17-27(31)29-24-11-7-8-20(2)21(24)3/h4-15,18H,16-17H2,1-3H3,(H,29,31). The number of hydrogen-bond donors (Lipinski definition) is 1. The molecule has 0 bridgehead atoms. The van der Waals surface area contributed by atoms with Gasteiger partial charge >= 0.3 is 0 Å². The molecule has 0 saturated heterocycles. The first-order chi connectivity index (χ1) is 15.0. The number of imidazole rings is 1. The highest BCUT2D eigenvalue weighted by atomic mass is 16.1. The molecule has 0 unspecified atom stereocenters. The number of nitrogens with one attached hydrogen (secondary N) is 1. The number of rotatable bonds is 6. The molecule has 1 N–H and O–H groups in total. The summed E-state index contributed by atoms with van der Waals surface area (Å²) in [7, 11) is 0. The summed E-state index contributed by atoms with van der Waals surface area (Å²) in [5, 5.41) is 3.05. The summed E-state index contributed by atoms with van der Waals surface area (Å²) in [6, 6.07) is 24.5. The number of amides is 1. The molecule has 1 heterocycles. The van der Waals surface area contributed by atoms with Gasteiger partial charge in [-0.1, -0.05) is 60.2 Å². The Kier molecular flexibility index (Phi) is 5.99. The van der Waals surface area contributed by atoms with Crippen LogP contribution < -0.4 is 5.32 Å². The van der Waals surface area contributed by atoms with E-state index in [1.165, 1.54) is 11.1 Å². The van der Waals surface area contributed by atoms with E-state index in [0.29, 0.717) is 12.8 Å². The number of carbonyl (C=O) groups is 1. The van der Waals surface area contributed by atoms with E-state index in [9.17, 15) is 4.79 Å². The van der Waals surface area contributed by atoms with Crippen LogP contribution >= 0.6 is 0 Å². The third-order valence-corrected chi connectivity index (χ3v) is 5.62. The van der Waals surface area contributed by atoms with Crippen molar-refractivity contribution in [3.63, 3.8) is 0 Å². The molecule has 4 aromatic rings. The lowest BCUT2D eigenvalue weighted by molar-refractivity contribution is -0.116. The van der Waals surface area contributed by atoms with E-state index in [-0.39, 0.29) is 5.91 Å². The predicted octanol–water partition coefficient (Wildman–Crippen LogP) is 6.04. The zero-order chi connectivity index (χ0) is 21.8. The van der Waals surface area contributed by atoms with Gasteiger partial charge in [-0.05, 0) is 50.1 Å². The topological polar surface area (TPSA) is 46.9 Å². The Labute approximate surface area is 183 Å². The minimum absolute atomic E-state index is 0.00610. The lowest BCUT2D eigenvalue weighted by Gasteiger charge is -2.11. The van der Waals surface area contributed by atoms with E-state index >= 15 is 0 Å². The first-order valence-corrected chi connectivity index (χ1v) is 10.6. The van der Waals surface area contributed by atoms with Crippen molar-refractivity contribution in [3.05, 3.63) is 102 Å². The van der Waals surface area contributed by atoms with Crippen molar-refractivity contribution >= 4 is 11.6 Å². The fourth-order valence-corrected chi connectivity index (χ4v) is 3.60. The summed E-state index contributed by atoms with van der Waals surface area (Å²) in [6.07, 6.45) is 2.97. The fraction of sp³-hybridized carbons (Fsp3) is 0.185. The Balaban J connectivity index is 1.57. The number of nitrogens with zero attached hydrogens (tertiary/aromatic N) is 2. The molecular weight excluding hydrogens is 382 g/mol. The van der Waals surface area contributed by atoms with E-state index in [0.717, 1.165) is 34.0 Å². The SMILES string of the molecule is Cc1ccc(-n2cc(-c3ccccc3)nc2CCC(=O)Nc2cccc(C)c2C)cc1.